The number of alkyl halides is 3. The maximum absolute atomic E-state index is 13.7. The minimum atomic E-state index is -4.63. The highest BCUT2D eigenvalue weighted by molar-refractivity contribution is 5.94. The number of halogens is 3. The van der Waals surface area contributed by atoms with E-state index in [0.717, 1.165) is 19.0 Å². The Labute approximate surface area is 204 Å². The zero-order valence-corrected chi connectivity index (χ0v) is 19.3. The van der Waals surface area contributed by atoms with Crippen molar-refractivity contribution in [2.45, 2.75) is 44.0 Å². The Hall–Kier alpha value is -3.51. The Morgan fingerprint density at radius 1 is 1.08 bits per heavy atom. The van der Waals surface area contributed by atoms with Crippen molar-refractivity contribution in [2.24, 2.45) is 0 Å². The van der Waals surface area contributed by atoms with Gasteiger partial charge in [-0.2, -0.15) is 18.3 Å². The van der Waals surface area contributed by atoms with Crippen molar-refractivity contribution in [2.75, 3.05) is 30.0 Å². The Kier molecular flexibility index (Phi) is 6.63. The van der Waals surface area contributed by atoms with Gasteiger partial charge in [-0.1, -0.05) is 0 Å². The lowest BCUT2D eigenvalue weighted by Gasteiger charge is -2.29. The molecule has 0 radical (unpaired) electrons. The van der Waals surface area contributed by atoms with Crippen molar-refractivity contribution < 1.29 is 27.8 Å². The highest BCUT2D eigenvalue weighted by Crippen LogP contribution is 2.37. The van der Waals surface area contributed by atoms with Gasteiger partial charge >= 0.3 is 6.18 Å². The van der Waals surface area contributed by atoms with Crippen LogP contribution < -0.4 is 10.2 Å². The predicted octanol–water partition coefficient (Wildman–Crippen LogP) is 3.94. The fourth-order valence-electron chi connectivity index (χ4n) is 4.42. The van der Waals surface area contributed by atoms with Crippen LogP contribution in [0.3, 0.4) is 0 Å². The third-order valence-electron chi connectivity index (χ3n) is 6.37. The molecule has 5 rings (SSSR count). The van der Waals surface area contributed by atoms with E-state index < -0.39 is 17.8 Å². The van der Waals surface area contributed by atoms with Gasteiger partial charge in [-0.15, -0.1) is 0 Å². The molecule has 1 amide bonds. The molecule has 0 bridgehead atoms. The molecule has 2 aliphatic rings. The van der Waals surface area contributed by atoms with Crippen LogP contribution in [0.4, 0.5) is 30.5 Å². The van der Waals surface area contributed by atoms with Crippen LogP contribution in [0, 0.1) is 0 Å². The summed E-state index contributed by atoms with van der Waals surface area (Å²) in [5, 5.41) is 16.9. The summed E-state index contributed by atoms with van der Waals surface area (Å²) in [4.78, 5) is 21.9. The fourth-order valence-corrected chi connectivity index (χ4v) is 4.42. The maximum Gasteiger partial charge on any atom is 0.419 e. The van der Waals surface area contributed by atoms with E-state index >= 15 is 0 Å². The number of nitrogens with zero attached hydrogens (tertiary/aromatic N) is 5. The molecule has 2 saturated heterocycles. The summed E-state index contributed by atoms with van der Waals surface area (Å²) in [5.41, 5.74) is 0.271. The summed E-state index contributed by atoms with van der Waals surface area (Å²) >= 11 is 0. The summed E-state index contributed by atoms with van der Waals surface area (Å²) in [6, 6.07) is 6.89. The van der Waals surface area contributed by atoms with Crippen molar-refractivity contribution in [1.82, 2.24) is 19.7 Å². The first-order valence-corrected chi connectivity index (χ1v) is 11.7. The lowest BCUT2D eigenvalue weighted by Crippen LogP contribution is -2.40. The minimum Gasteiger partial charge on any atom is -0.393 e. The van der Waals surface area contributed by atoms with Crippen LogP contribution in [0.1, 0.15) is 37.3 Å². The van der Waals surface area contributed by atoms with Crippen molar-refractivity contribution in [3.8, 4) is 11.3 Å². The van der Waals surface area contributed by atoms with Gasteiger partial charge in [0.2, 0.25) is 11.9 Å². The Morgan fingerprint density at radius 2 is 1.83 bits per heavy atom. The molecule has 4 heterocycles. The number of piperidine rings is 1. The quantitative estimate of drug-likeness (QED) is 0.545. The predicted molar refractivity (Wildman–Crippen MR) is 125 cm³/mol. The molecule has 1 aromatic carbocycles. The number of carbonyl (C=O) groups excluding carboxylic acids is 1. The van der Waals surface area contributed by atoms with Crippen molar-refractivity contribution in [1.29, 1.82) is 0 Å². The van der Waals surface area contributed by atoms with Gasteiger partial charge in [0, 0.05) is 49.1 Å². The van der Waals surface area contributed by atoms with E-state index in [0.29, 0.717) is 37.6 Å². The number of rotatable bonds is 5. The third kappa shape index (κ3) is 5.19. The number of amides is 1. The van der Waals surface area contributed by atoms with Gasteiger partial charge in [0.25, 0.3) is 0 Å². The molecule has 1 atom stereocenters. The zero-order valence-electron chi connectivity index (χ0n) is 19.3. The van der Waals surface area contributed by atoms with Crippen LogP contribution in [-0.4, -0.2) is 56.6 Å². The number of aliphatic hydroxyl groups is 1. The van der Waals surface area contributed by atoms with Crippen LogP contribution in [0.15, 0.2) is 42.9 Å². The smallest absolute Gasteiger partial charge is 0.393 e. The fraction of sp³-hybridized carbons (Fsp3) is 0.417. The Morgan fingerprint density at radius 3 is 2.53 bits per heavy atom. The van der Waals surface area contributed by atoms with Gasteiger partial charge in [-0.05, 0) is 43.5 Å². The molecule has 36 heavy (non-hydrogen) atoms. The molecule has 0 aliphatic carbocycles. The van der Waals surface area contributed by atoms with Gasteiger partial charge in [0.1, 0.15) is 5.56 Å². The van der Waals surface area contributed by atoms with E-state index in [1.165, 1.54) is 6.20 Å². The number of anilines is 3. The summed E-state index contributed by atoms with van der Waals surface area (Å²) in [5.74, 6) is -0.159. The van der Waals surface area contributed by atoms with Crippen molar-refractivity contribution >= 4 is 23.2 Å². The van der Waals surface area contributed by atoms with E-state index in [9.17, 15) is 23.1 Å². The second-order valence-electron chi connectivity index (χ2n) is 8.87. The zero-order chi connectivity index (χ0) is 25.3. The van der Waals surface area contributed by atoms with Gasteiger partial charge in [-0.25, -0.2) is 9.97 Å². The minimum absolute atomic E-state index is 0.00161. The van der Waals surface area contributed by atoms with Crippen LogP contribution in [-0.2, 0) is 15.7 Å². The van der Waals surface area contributed by atoms with Crippen molar-refractivity contribution in [3.05, 3.63) is 48.4 Å². The summed E-state index contributed by atoms with van der Waals surface area (Å²) in [6.45, 7) is 1.59. The molecule has 1 unspecified atom stereocenters. The number of hydrogen-bond donors (Lipinski definition) is 2. The normalized spacial score (nSPS) is 19.5. The Balaban J connectivity index is 1.38. The van der Waals surface area contributed by atoms with Gasteiger partial charge in [-0.3, -0.25) is 9.48 Å². The molecule has 2 fully saturated rings. The van der Waals surface area contributed by atoms with E-state index in [2.05, 4.69) is 20.4 Å². The Bertz CT molecular complexity index is 1220. The lowest BCUT2D eigenvalue weighted by atomic mass is 10.1. The van der Waals surface area contributed by atoms with Gasteiger partial charge < -0.3 is 20.1 Å². The molecule has 0 saturated carbocycles. The van der Waals surface area contributed by atoms with E-state index in [-0.39, 0.29) is 35.6 Å². The molecular formula is C24H25F3N6O3. The number of carbonyl (C=O) groups is 1. The van der Waals surface area contributed by atoms with E-state index in [1.807, 2.05) is 0 Å². The summed E-state index contributed by atoms with van der Waals surface area (Å²) < 4.78 is 48.2. The first kappa shape index (κ1) is 24.2. The van der Waals surface area contributed by atoms with Crippen LogP contribution in [0.5, 0.6) is 0 Å². The average molecular weight is 502 g/mol. The average Bonchev–Trinajstić information content (AvgIpc) is 3.35. The second kappa shape index (κ2) is 9.86. The lowest BCUT2D eigenvalue weighted by molar-refractivity contribution is -0.137. The molecule has 9 nitrogen and oxygen atoms in total. The highest BCUT2D eigenvalue weighted by atomic mass is 19.4. The molecular weight excluding hydrogens is 477 g/mol. The number of benzene rings is 1. The molecule has 2 N–H and O–H groups in total. The van der Waals surface area contributed by atoms with Crippen molar-refractivity contribution in [3.63, 3.8) is 0 Å². The van der Waals surface area contributed by atoms with Gasteiger partial charge in [0.05, 0.1) is 30.5 Å². The number of aromatic nitrogens is 4. The van der Waals surface area contributed by atoms with E-state index in [1.54, 1.807) is 40.0 Å². The number of hydrogen-bond acceptors (Lipinski definition) is 7. The van der Waals surface area contributed by atoms with Crippen LogP contribution in [0.2, 0.25) is 0 Å². The first-order chi connectivity index (χ1) is 17.3. The number of aliphatic hydroxyl groups excluding tert-OH is 1. The monoisotopic (exact) mass is 502 g/mol. The second-order valence-corrected chi connectivity index (χ2v) is 8.87. The van der Waals surface area contributed by atoms with E-state index in [4.69, 9.17) is 4.74 Å². The van der Waals surface area contributed by atoms with Gasteiger partial charge in [0.15, 0.2) is 0 Å². The summed E-state index contributed by atoms with van der Waals surface area (Å²) in [7, 11) is 0. The molecule has 190 valence electrons. The molecule has 3 aromatic rings. The standard InChI is InChI=1S/C24H25F3N6O3/c25-24(26,27)20-13-28-23(31-22(20)15-12-29-33(14-15)18-6-9-36-10-7-18)30-16-1-3-17(4-2-16)32-8-5-19(34)11-21(32)35/h1-4,12-14,18-19,34H,5-11H2,(H,28,30,31). The first-order valence-electron chi connectivity index (χ1n) is 11.7. The maximum atomic E-state index is 13.7. The molecule has 12 heteroatoms. The number of nitrogens with one attached hydrogen (secondary N) is 1. The number of ether oxygens (including phenoxy) is 1. The largest absolute Gasteiger partial charge is 0.419 e. The van der Waals surface area contributed by atoms with Crippen LogP contribution in [0.25, 0.3) is 11.3 Å². The molecule has 0 spiro atoms. The summed E-state index contributed by atoms with van der Waals surface area (Å²) in [6.07, 6.45) is 0.535. The SMILES string of the molecule is O=C1CC(O)CCN1c1ccc(Nc2ncc(C(F)(F)F)c(-c3cnn(C4CCOCC4)c3)n2)cc1. The highest BCUT2D eigenvalue weighted by Gasteiger charge is 2.36. The molecule has 2 aliphatic heterocycles. The third-order valence-corrected chi connectivity index (χ3v) is 6.37. The molecule has 2 aromatic heterocycles. The van der Waals surface area contributed by atoms with Crippen LogP contribution >= 0.6 is 0 Å². The topological polar surface area (TPSA) is 105 Å².